The molecule has 28 heavy (non-hydrogen) atoms. The van der Waals surface area contributed by atoms with Gasteiger partial charge in [-0.2, -0.15) is 4.31 Å². The number of hydrogen-bond donors (Lipinski definition) is 1. The van der Waals surface area contributed by atoms with E-state index in [-0.39, 0.29) is 23.8 Å². The van der Waals surface area contributed by atoms with E-state index in [0.717, 1.165) is 17.7 Å². The van der Waals surface area contributed by atoms with Crippen LogP contribution in [0, 0.1) is 11.6 Å². The monoisotopic (exact) mass is 410 g/mol. The fourth-order valence-electron chi connectivity index (χ4n) is 2.73. The normalized spacial score (nSPS) is 11.6. The highest BCUT2D eigenvalue weighted by Gasteiger charge is 2.21. The van der Waals surface area contributed by atoms with E-state index in [4.69, 9.17) is 0 Å². The van der Waals surface area contributed by atoms with Crippen molar-refractivity contribution in [2.45, 2.75) is 38.1 Å². The molecular weight excluding hydrogens is 386 g/mol. The van der Waals surface area contributed by atoms with E-state index in [9.17, 15) is 22.0 Å². The summed E-state index contributed by atoms with van der Waals surface area (Å²) in [5.41, 5.74) is 1.31. The van der Waals surface area contributed by atoms with Crippen molar-refractivity contribution in [1.29, 1.82) is 0 Å². The molecule has 0 aliphatic heterocycles. The molecule has 0 bridgehead atoms. The van der Waals surface area contributed by atoms with Crippen molar-refractivity contribution in [2.24, 2.45) is 0 Å². The van der Waals surface area contributed by atoms with Gasteiger partial charge in [0.15, 0.2) is 11.6 Å². The second-order valence-corrected chi connectivity index (χ2v) is 8.20. The van der Waals surface area contributed by atoms with E-state index in [1.165, 1.54) is 22.5 Å². The van der Waals surface area contributed by atoms with Crippen molar-refractivity contribution in [3.63, 3.8) is 0 Å². The van der Waals surface area contributed by atoms with E-state index in [0.29, 0.717) is 25.1 Å². The predicted molar refractivity (Wildman–Crippen MR) is 103 cm³/mol. The van der Waals surface area contributed by atoms with Crippen LogP contribution in [0.15, 0.2) is 47.4 Å². The van der Waals surface area contributed by atoms with E-state index in [1.54, 1.807) is 26.0 Å². The molecule has 1 N–H and O–H groups in total. The summed E-state index contributed by atoms with van der Waals surface area (Å²) in [4.78, 5) is 12.2. The molecule has 2 rings (SSSR count). The lowest BCUT2D eigenvalue weighted by Gasteiger charge is -2.18. The fourth-order valence-corrected chi connectivity index (χ4v) is 4.19. The minimum absolute atomic E-state index is 0.138. The molecule has 0 radical (unpaired) electrons. The van der Waals surface area contributed by atoms with Crippen LogP contribution in [0.2, 0.25) is 0 Å². The summed E-state index contributed by atoms with van der Waals surface area (Å²) in [5, 5.41) is 2.73. The molecule has 8 heteroatoms. The number of halogens is 2. The number of rotatable bonds is 9. The molecule has 5 nitrogen and oxygen atoms in total. The number of nitrogens with zero attached hydrogens (tertiary/aromatic N) is 1. The van der Waals surface area contributed by atoms with Crippen molar-refractivity contribution in [1.82, 2.24) is 9.62 Å². The Bertz CT molecular complexity index is 912. The lowest BCUT2D eigenvalue weighted by Crippen LogP contribution is -2.30. The summed E-state index contributed by atoms with van der Waals surface area (Å²) in [6.07, 6.45) is 0.434. The van der Waals surface area contributed by atoms with Gasteiger partial charge in [-0.25, -0.2) is 17.2 Å². The lowest BCUT2D eigenvalue weighted by atomic mass is 10.1. The van der Waals surface area contributed by atoms with Gasteiger partial charge in [0.2, 0.25) is 15.9 Å². The standard InChI is InChI=1S/C20H24F2N2O3S/c1-3-24(4-2)28(26,27)17-9-5-16(6-10-17)14-23-20(25)12-8-15-7-11-18(21)19(22)13-15/h5-7,9-11,13H,3-4,8,12,14H2,1-2H3,(H,23,25). The molecule has 0 saturated heterocycles. The average molecular weight is 410 g/mol. The zero-order valence-corrected chi connectivity index (χ0v) is 16.7. The maximum atomic E-state index is 13.2. The van der Waals surface area contributed by atoms with Gasteiger partial charge in [-0.1, -0.05) is 32.0 Å². The first-order valence-electron chi connectivity index (χ1n) is 9.07. The van der Waals surface area contributed by atoms with Crippen LogP contribution in [0.1, 0.15) is 31.4 Å². The van der Waals surface area contributed by atoms with Gasteiger partial charge in [0.05, 0.1) is 4.90 Å². The van der Waals surface area contributed by atoms with Gasteiger partial charge < -0.3 is 5.32 Å². The molecule has 0 unspecified atom stereocenters. The van der Waals surface area contributed by atoms with Gasteiger partial charge in [-0.05, 0) is 41.8 Å². The lowest BCUT2D eigenvalue weighted by molar-refractivity contribution is -0.121. The molecular formula is C20H24F2N2O3S. The van der Waals surface area contributed by atoms with Crippen molar-refractivity contribution in [3.8, 4) is 0 Å². The highest BCUT2D eigenvalue weighted by atomic mass is 32.2. The number of amides is 1. The minimum atomic E-state index is -3.51. The summed E-state index contributed by atoms with van der Waals surface area (Å²) >= 11 is 0. The smallest absolute Gasteiger partial charge is 0.243 e. The highest BCUT2D eigenvalue weighted by molar-refractivity contribution is 7.89. The Hall–Kier alpha value is -2.32. The minimum Gasteiger partial charge on any atom is -0.352 e. The quantitative estimate of drug-likeness (QED) is 0.690. The first kappa shape index (κ1) is 22.0. The zero-order chi connectivity index (χ0) is 20.7. The summed E-state index contributed by atoms with van der Waals surface area (Å²) in [6.45, 7) is 4.61. The number of nitrogens with one attached hydrogen (secondary N) is 1. The van der Waals surface area contributed by atoms with Crippen LogP contribution in [0.4, 0.5) is 8.78 Å². The van der Waals surface area contributed by atoms with Crippen LogP contribution in [-0.4, -0.2) is 31.7 Å². The summed E-state index contributed by atoms with van der Waals surface area (Å²) in [6, 6.07) is 9.93. The zero-order valence-electron chi connectivity index (χ0n) is 15.9. The second-order valence-electron chi connectivity index (χ2n) is 6.26. The van der Waals surface area contributed by atoms with E-state index < -0.39 is 21.7 Å². The first-order valence-corrected chi connectivity index (χ1v) is 10.5. The molecule has 0 aliphatic rings. The van der Waals surface area contributed by atoms with E-state index >= 15 is 0 Å². The molecule has 0 aromatic heterocycles. The Morgan fingerprint density at radius 3 is 2.14 bits per heavy atom. The maximum Gasteiger partial charge on any atom is 0.243 e. The topological polar surface area (TPSA) is 66.5 Å². The van der Waals surface area contributed by atoms with Gasteiger partial charge in [0, 0.05) is 26.1 Å². The number of carbonyl (C=O) groups excluding carboxylic acids is 1. The number of carbonyl (C=O) groups is 1. The van der Waals surface area contributed by atoms with Crippen LogP contribution >= 0.6 is 0 Å². The van der Waals surface area contributed by atoms with Crippen molar-refractivity contribution >= 4 is 15.9 Å². The van der Waals surface area contributed by atoms with Gasteiger partial charge in [-0.15, -0.1) is 0 Å². The van der Waals surface area contributed by atoms with E-state index in [2.05, 4.69) is 5.32 Å². The number of benzene rings is 2. The van der Waals surface area contributed by atoms with Crippen molar-refractivity contribution < 1.29 is 22.0 Å². The Morgan fingerprint density at radius 1 is 0.964 bits per heavy atom. The molecule has 2 aromatic carbocycles. The molecule has 0 heterocycles. The predicted octanol–water partition coefficient (Wildman–Crippen LogP) is 3.24. The fraction of sp³-hybridized carbons (Fsp3) is 0.350. The molecule has 0 fully saturated rings. The largest absolute Gasteiger partial charge is 0.352 e. The van der Waals surface area contributed by atoms with Gasteiger partial charge in [0.1, 0.15) is 0 Å². The number of aryl methyl sites for hydroxylation is 1. The Kier molecular flexibility index (Phi) is 7.65. The molecule has 0 spiro atoms. The SMILES string of the molecule is CCN(CC)S(=O)(=O)c1ccc(CNC(=O)CCc2ccc(F)c(F)c2)cc1. The Labute approximate surface area is 164 Å². The third-order valence-corrected chi connectivity index (χ3v) is 6.45. The summed E-state index contributed by atoms with van der Waals surface area (Å²) in [5.74, 6) is -2.08. The summed E-state index contributed by atoms with van der Waals surface area (Å²) in [7, 11) is -3.51. The van der Waals surface area contributed by atoms with E-state index in [1.807, 2.05) is 0 Å². The average Bonchev–Trinajstić information content (AvgIpc) is 2.68. The van der Waals surface area contributed by atoms with Crippen LogP contribution < -0.4 is 5.32 Å². The summed E-state index contributed by atoms with van der Waals surface area (Å²) < 4.78 is 52.3. The molecule has 0 atom stereocenters. The van der Waals surface area contributed by atoms with Crippen LogP contribution in [0.25, 0.3) is 0 Å². The van der Waals surface area contributed by atoms with Gasteiger partial charge >= 0.3 is 0 Å². The van der Waals surface area contributed by atoms with Gasteiger partial charge in [0.25, 0.3) is 0 Å². The number of hydrogen-bond acceptors (Lipinski definition) is 3. The maximum absolute atomic E-state index is 13.2. The first-order chi connectivity index (χ1) is 13.3. The molecule has 152 valence electrons. The third kappa shape index (κ3) is 5.59. The van der Waals surface area contributed by atoms with Crippen molar-refractivity contribution in [3.05, 3.63) is 65.2 Å². The van der Waals surface area contributed by atoms with Crippen LogP contribution in [-0.2, 0) is 27.8 Å². The molecule has 0 saturated carbocycles. The third-order valence-electron chi connectivity index (χ3n) is 4.38. The van der Waals surface area contributed by atoms with Crippen LogP contribution in [0.3, 0.4) is 0 Å². The Morgan fingerprint density at radius 2 is 1.57 bits per heavy atom. The van der Waals surface area contributed by atoms with Crippen LogP contribution in [0.5, 0.6) is 0 Å². The second kappa shape index (κ2) is 9.75. The van der Waals surface area contributed by atoms with Crippen molar-refractivity contribution in [2.75, 3.05) is 13.1 Å². The number of sulfonamides is 1. The highest BCUT2D eigenvalue weighted by Crippen LogP contribution is 2.16. The molecule has 0 aliphatic carbocycles. The Balaban J connectivity index is 1.88. The molecule has 2 aromatic rings. The van der Waals surface area contributed by atoms with Gasteiger partial charge in [-0.3, -0.25) is 4.79 Å². The molecule has 1 amide bonds.